The molecule has 3 aliphatic rings. The van der Waals surface area contributed by atoms with Crippen molar-refractivity contribution in [1.29, 1.82) is 0 Å². The number of piperazine rings is 1. The summed E-state index contributed by atoms with van der Waals surface area (Å²) in [7, 11) is -0.577. The first kappa shape index (κ1) is 20.8. The summed E-state index contributed by atoms with van der Waals surface area (Å²) in [4.78, 5) is 20.4. The number of carbonyl (C=O) groups excluding carboxylic acids is 1. The Bertz CT molecular complexity index is 934. The minimum atomic E-state index is -0.577. The minimum absolute atomic E-state index is 0.166. The van der Waals surface area contributed by atoms with Gasteiger partial charge in [0.1, 0.15) is 26.1 Å². The number of pyridine rings is 1. The van der Waals surface area contributed by atoms with E-state index in [1.807, 2.05) is 11.8 Å². The van der Waals surface area contributed by atoms with Crippen LogP contribution in [0.5, 0.6) is 0 Å². The van der Waals surface area contributed by atoms with Crippen molar-refractivity contribution in [2.24, 2.45) is 5.41 Å². The number of rotatable bonds is 4. The van der Waals surface area contributed by atoms with Crippen LogP contribution in [-0.2, 0) is 4.74 Å². The molecule has 31 heavy (non-hydrogen) atoms. The summed E-state index contributed by atoms with van der Waals surface area (Å²) in [6, 6.07) is 4.04. The van der Waals surface area contributed by atoms with Crippen LogP contribution in [-0.4, -0.2) is 85.6 Å². The van der Waals surface area contributed by atoms with Crippen molar-refractivity contribution < 1.29 is 13.9 Å². The lowest BCUT2D eigenvalue weighted by Crippen LogP contribution is -2.58. The Kier molecular flexibility index (Phi) is 5.65. The lowest BCUT2D eigenvalue weighted by atomic mass is 9.80. The van der Waals surface area contributed by atoms with Gasteiger partial charge in [0.2, 0.25) is 0 Å². The average molecular weight is 462 g/mol. The molecule has 2 aromatic rings. The predicted molar refractivity (Wildman–Crippen MR) is 118 cm³/mol. The van der Waals surface area contributed by atoms with Crippen molar-refractivity contribution >= 4 is 32.2 Å². The van der Waals surface area contributed by atoms with Gasteiger partial charge in [-0.25, -0.2) is 14.2 Å². The van der Waals surface area contributed by atoms with Gasteiger partial charge in [-0.05, 0) is 31.5 Å². The van der Waals surface area contributed by atoms with E-state index in [2.05, 4.69) is 24.6 Å². The van der Waals surface area contributed by atoms with Crippen LogP contribution in [0.1, 0.15) is 13.3 Å². The zero-order valence-electron chi connectivity index (χ0n) is 17.6. The topological polar surface area (TPSA) is 74.7 Å². The van der Waals surface area contributed by atoms with Gasteiger partial charge in [0.15, 0.2) is 5.01 Å². The van der Waals surface area contributed by atoms with Gasteiger partial charge in [-0.1, -0.05) is 11.3 Å². The lowest BCUT2D eigenvalue weighted by molar-refractivity contribution is 0.0108. The van der Waals surface area contributed by atoms with Crippen LogP contribution in [0, 0.1) is 11.2 Å². The van der Waals surface area contributed by atoms with Gasteiger partial charge in [0.25, 0.3) is 0 Å². The lowest BCUT2D eigenvalue weighted by Gasteiger charge is -2.48. The van der Waals surface area contributed by atoms with Crippen LogP contribution in [0.15, 0.2) is 17.8 Å². The molecule has 3 fully saturated rings. The Hall–Kier alpha value is -2.11. The highest BCUT2D eigenvalue weighted by Crippen LogP contribution is 2.47. The highest BCUT2D eigenvalue weighted by atomic mass is 32.1. The van der Waals surface area contributed by atoms with Gasteiger partial charge in [-0.3, -0.25) is 0 Å². The fourth-order valence-electron chi connectivity index (χ4n) is 5.03. The molecular weight excluding hydrogens is 435 g/mol. The third-order valence-corrected chi connectivity index (χ3v) is 10.6. The van der Waals surface area contributed by atoms with Crippen LogP contribution in [0.25, 0.3) is 10.6 Å². The second-order valence-electron chi connectivity index (χ2n) is 8.54. The molecule has 8 nitrogen and oxygen atoms in total. The molecule has 3 aliphatic heterocycles. The summed E-state index contributed by atoms with van der Waals surface area (Å²) >= 11 is 1.40. The van der Waals surface area contributed by atoms with E-state index in [1.54, 1.807) is 5.51 Å². The van der Waals surface area contributed by atoms with Gasteiger partial charge in [-0.2, -0.15) is 0 Å². The maximum atomic E-state index is 13.8. The van der Waals surface area contributed by atoms with Gasteiger partial charge in [0, 0.05) is 44.7 Å². The van der Waals surface area contributed by atoms with E-state index in [9.17, 15) is 9.18 Å². The van der Waals surface area contributed by atoms with E-state index in [0.29, 0.717) is 17.0 Å². The first-order valence-electron chi connectivity index (χ1n) is 10.8. The van der Waals surface area contributed by atoms with Crippen molar-refractivity contribution in [2.75, 3.05) is 50.8 Å². The van der Waals surface area contributed by atoms with E-state index < -0.39 is 8.96 Å². The summed E-state index contributed by atoms with van der Waals surface area (Å²) in [5.41, 5.74) is 2.70. The normalized spacial score (nSPS) is 21.5. The Balaban J connectivity index is 1.19. The molecule has 5 heterocycles. The van der Waals surface area contributed by atoms with E-state index >= 15 is 0 Å². The highest BCUT2D eigenvalue weighted by molar-refractivity contribution is 7.12. The molecule has 0 bridgehead atoms. The maximum absolute atomic E-state index is 13.8. The monoisotopic (exact) mass is 461 g/mol. The van der Waals surface area contributed by atoms with Crippen LogP contribution in [0.4, 0.5) is 15.0 Å². The molecule has 0 saturated carbocycles. The average Bonchev–Trinajstić information content (AvgIpc) is 3.43. The first-order chi connectivity index (χ1) is 15.1. The summed E-state index contributed by atoms with van der Waals surface area (Å²) in [6.07, 6.45) is 2.34. The van der Waals surface area contributed by atoms with Crippen molar-refractivity contribution in [3.63, 3.8) is 0 Å². The van der Waals surface area contributed by atoms with E-state index in [-0.39, 0.29) is 11.9 Å². The fraction of sp³-hybridized carbons (Fsp3) is 0.600. The molecule has 1 amide bonds. The summed E-state index contributed by atoms with van der Waals surface area (Å²) in [6.45, 7) is 7.74. The molecule has 11 heteroatoms. The molecule has 5 rings (SSSR count). The van der Waals surface area contributed by atoms with Crippen molar-refractivity contribution in [3.05, 3.63) is 23.6 Å². The van der Waals surface area contributed by atoms with Crippen molar-refractivity contribution in [1.82, 2.24) is 24.6 Å². The number of nitrogens with zero attached hydrogens (tertiary/aromatic N) is 6. The molecule has 3 saturated heterocycles. The van der Waals surface area contributed by atoms with Gasteiger partial charge in [0.05, 0.1) is 18.4 Å². The molecule has 0 N–H and O–H groups in total. The molecule has 1 radical (unpaired) electrons. The largest absolute Gasteiger partial charge is 0.450 e. The van der Waals surface area contributed by atoms with Crippen LogP contribution in [0.3, 0.4) is 0 Å². The number of ether oxygens (including phenoxy) is 1. The van der Waals surface area contributed by atoms with Crippen LogP contribution >= 0.6 is 11.3 Å². The van der Waals surface area contributed by atoms with Gasteiger partial charge in [-0.15, -0.1) is 10.2 Å². The number of hydrogen-bond donors (Lipinski definition) is 0. The van der Waals surface area contributed by atoms with Gasteiger partial charge >= 0.3 is 6.09 Å². The zero-order chi connectivity index (χ0) is 21.4. The number of likely N-dealkylation sites (tertiary alicyclic amines) is 1. The van der Waals surface area contributed by atoms with Crippen molar-refractivity contribution in [2.45, 2.75) is 25.4 Å². The smallest absolute Gasteiger partial charge is 0.409 e. The maximum Gasteiger partial charge on any atom is 0.409 e. The number of halogens is 1. The molecule has 2 aromatic heterocycles. The number of hydrogen-bond acceptors (Lipinski definition) is 8. The zero-order valence-corrected chi connectivity index (χ0v) is 19.4. The third kappa shape index (κ3) is 4.05. The van der Waals surface area contributed by atoms with Crippen LogP contribution < -0.4 is 4.90 Å². The van der Waals surface area contributed by atoms with Crippen LogP contribution in [0.2, 0.25) is 12.1 Å². The molecule has 0 unspecified atom stereocenters. The minimum Gasteiger partial charge on any atom is -0.450 e. The van der Waals surface area contributed by atoms with Gasteiger partial charge < -0.3 is 19.1 Å². The Morgan fingerprint density at radius 1 is 1.32 bits per heavy atom. The second kappa shape index (κ2) is 8.44. The number of carbonyl (C=O) groups is 1. The quantitative estimate of drug-likeness (QED) is 0.648. The Morgan fingerprint density at radius 2 is 2.13 bits per heavy atom. The Morgan fingerprint density at radius 3 is 2.84 bits per heavy atom. The molecule has 0 aromatic carbocycles. The first-order valence-corrected chi connectivity index (χ1v) is 13.5. The second-order valence-corrected chi connectivity index (χ2v) is 12.0. The third-order valence-electron chi connectivity index (χ3n) is 6.55. The van der Waals surface area contributed by atoms with Crippen molar-refractivity contribution in [3.8, 4) is 10.6 Å². The standard InChI is InChI=1S/C20H26FN6O2SSi/c1-2-29-19(28)26-11-20(12-26)3-8-31(13-20)27-6-4-25(5-7-27)17-16(9-15(21)10-22-17)18-24-23-14-30-18/h9-10,14H,2-8,11-13H2,1H3. The highest BCUT2D eigenvalue weighted by Gasteiger charge is 2.52. The summed E-state index contributed by atoms with van der Waals surface area (Å²) in [5, 5.41) is 8.71. The van der Waals surface area contributed by atoms with E-state index in [0.717, 1.165) is 50.6 Å². The molecule has 0 atom stereocenters. The number of anilines is 1. The van der Waals surface area contributed by atoms with E-state index in [4.69, 9.17) is 4.74 Å². The number of aromatic nitrogens is 3. The molecular formula is C20H26FN6O2SSi. The fourth-order valence-corrected chi connectivity index (χ4v) is 9.23. The summed E-state index contributed by atoms with van der Waals surface area (Å²) in [5.74, 6) is 0.439. The Labute approximate surface area is 186 Å². The molecule has 1 spiro atoms. The SMILES string of the molecule is CCOC(=O)N1CC2(CC[Si](N3CCN(c4ncc(F)cc4-c4nncs4)CC3)C2)C1. The summed E-state index contributed by atoms with van der Waals surface area (Å²) < 4.78 is 21.7. The predicted octanol–water partition coefficient (Wildman–Crippen LogP) is 2.71. The van der Waals surface area contributed by atoms with E-state index in [1.165, 1.54) is 42.1 Å². The molecule has 0 aliphatic carbocycles. The number of amides is 1. The molecule has 165 valence electrons.